The molecule has 0 aromatic carbocycles. The maximum Gasteiger partial charge on any atom is 0.252 e. The van der Waals surface area contributed by atoms with Gasteiger partial charge in [0.15, 0.2) is 0 Å². The van der Waals surface area contributed by atoms with Crippen LogP contribution in [0, 0.1) is 0 Å². The Morgan fingerprint density at radius 1 is 1.29 bits per heavy atom. The lowest BCUT2D eigenvalue weighted by molar-refractivity contribution is -0.129. The van der Waals surface area contributed by atoms with E-state index in [1.54, 1.807) is 0 Å². The first-order chi connectivity index (χ1) is 8.13. The van der Waals surface area contributed by atoms with Crippen molar-refractivity contribution in [1.29, 1.82) is 0 Å². The molecule has 1 fully saturated rings. The second-order valence-electron chi connectivity index (χ2n) is 4.41. The third kappa shape index (κ3) is 5.14. The van der Waals surface area contributed by atoms with Crippen LogP contribution >= 0.6 is 0 Å². The molecule has 2 amide bonds. The highest BCUT2D eigenvalue weighted by Crippen LogP contribution is 2.15. The van der Waals surface area contributed by atoms with Crippen molar-refractivity contribution in [2.45, 2.75) is 32.2 Å². The largest absolute Gasteiger partial charge is 0.318 e. The average molecular weight is 242 g/mol. The highest BCUT2D eigenvalue weighted by molar-refractivity contribution is 5.81. The summed E-state index contributed by atoms with van der Waals surface area (Å²) in [7, 11) is 1.92. The highest BCUT2D eigenvalue weighted by Gasteiger charge is 2.23. The second kappa shape index (κ2) is 7.24. The SMILES string of the molecule is CNCC1CCCCN1CC(=O)NNC(C)=O. The summed E-state index contributed by atoms with van der Waals surface area (Å²) in [5, 5.41) is 3.15. The van der Waals surface area contributed by atoms with E-state index in [1.807, 2.05) is 7.05 Å². The number of carbonyl (C=O) groups is 2. The summed E-state index contributed by atoms with van der Waals surface area (Å²) in [6.07, 6.45) is 3.47. The topological polar surface area (TPSA) is 73.5 Å². The Morgan fingerprint density at radius 3 is 2.71 bits per heavy atom. The van der Waals surface area contributed by atoms with Gasteiger partial charge in [0.2, 0.25) is 5.91 Å². The van der Waals surface area contributed by atoms with Gasteiger partial charge in [-0.15, -0.1) is 0 Å². The molecule has 98 valence electrons. The second-order valence-corrected chi connectivity index (χ2v) is 4.41. The number of amides is 2. The number of rotatable bonds is 4. The van der Waals surface area contributed by atoms with E-state index < -0.39 is 0 Å². The number of hydrazine groups is 1. The van der Waals surface area contributed by atoms with E-state index in [0.717, 1.165) is 25.9 Å². The molecule has 0 aromatic rings. The van der Waals surface area contributed by atoms with Gasteiger partial charge in [0.25, 0.3) is 5.91 Å². The molecule has 1 aliphatic heterocycles. The Morgan fingerprint density at radius 2 is 2.06 bits per heavy atom. The molecule has 0 spiro atoms. The van der Waals surface area contributed by atoms with Crippen molar-refractivity contribution in [1.82, 2.24) is 21.1 Å². The fourth-order valence-electron chi connectivity index (χ4n) is 2.12. The number of likely N-dealkylation sites (N-methyl/N-ethyl adjacent to an activating group) is 1. The molecule has 6 nitrogen and oxygen atoms in total. The highest BCUT2D eigenvalue weighted by atomic mass is 16.2. The summed E-state index contributed by atoms with van der Waals surface area (Å²) in [5.41, 5.74) is 4.69. The summed E-state index contributed by atoms with van der Waals surface area (Å²) in [6, 6.07) is 0.414. The lowest BCUT2D eigenvalue weighted by atomic mass is 10.0. The zero-order valence-electron chi connectivity index (χ0n) is 10.6. The average Bonchev–Trinajstić information content (AvgIpc) is 2.29. The van der Waals surface area contributed by atoms with Gasteiger partial charge in [-0.25, -0.2) is 0 Å². The van der Waals surface area contributed by atoms with E-state index >= 15 is 0 Å². The van der Waals surface area contributed by atoms with Gasteiger partial charge < -0.3 is 5.32 Å². The van der Waals surface area contributed by atoms with E-state index in [4.69, 9.17) is 0 Å². The molecular formula is C11H22N4O2. The predicted octanol–water partition coefficient (Wildman–Crippen LogP) is -0.772. The normalized spacial score (nSPS) is 20.9. The van der Waals surface area contributed by atoms with Crippen LogP contribution in [0.5, 0.6) is 0 Å². The summed E-state index contributed by atoms with van der Waals surface area (Å²) >= 11 is 0. The van der Waals surface area contributed by atoms with Crippen molar-refractivity contribution in [3.8, 4) is 0 Å². The molecule has 0 aromatic heterocycles. The third-order valence-corrected chi connectivity index (χ3v) is 2.91. The first-order valence-electron chi connectivity index (χ1n) is 6.07. The van der Waals surface area contributed by atoms with Crippen LogP contribution in [0.1, 0.15) is 26.2 Å². The molecule has 1 saturated heterocycles. The summed E-state index contributed by atoms with van der Waals surface area (Å²) < 4.78 is 0. The number of carbonyl (C=O) groups excluding carboxylic acids is 2. The molecule has 0 radical (unpaired) electrons. The molecule has 1 unspecified atom stereocenters. The number of likely N-dealkylation sites (tertiary alicyclic amines) is 1. The molecule has 1 aliphatic rings. The molecular weight excluding hydrogens is 220 g/mol. The van der Waals surface area contributed by atoms with Crippen LogP contribution in [0.15, 0.2) is 0 Å². The fourth-order valence-corrected chi connectivity index (χ4v) is 2.12. The number of nitrogens with one attached hydrogen (secondary N) is 3. The molecule has 1 atom stereocenters. The van der Waals surface area contributed by atoms with Crippen molar-refractivity contribution >= 4 is 11.8 Å². The predicted molar refractivity (Wildman–Crippen MR) is 65.1 cm³/mol. The van der Waals surface area contributed by atoms with Gasteiger partial charge in [0.05, 0.1) is 6.54 Å². The zero-order valence-corrected chi connectivity index (χ0v) is 10.6. The first kappa shape index (κ1) is 13.9. The van der Waals surface area contributed by atoms with E-state index in [9.17, 15) is 9.59 Å². The van der Waals surface area contributed by atoms with Gasteiger partial charge in [0.1, 0.15) is 0 Å². The van der Waals surface area contributed by atoms with Gasteiger partial charge in [-0.2, -0.15) is 0 Å². The van der Waals surface area contributed by atoms with E-state index in [-0.39, 0.29) is 11.8 Å². The minimum absolute atomic E-state index is 0.164. The lowest BCUT2D eigenvalue weighted by Crippen LogP contribution is -2.51. The van der Waals surface area contributed by atoms with Crippen molar-refractivity contribution in [3.63, 3.8) is 0 Å². The Hall–Kier alpha value is -1.14. The Bertz CT molecular complexity index is 268. The zero-order chi connectivity index (χ0) is 12.7. The summed E-state index contributed by atoms with van der Waals surface area (Å²) in [5.74, 6) is -0.424. The van der Waals surface area contributed by atoms with Crippen LogP contribution in [0.25, 0.3) is 0 Å². The maximum atomic E-state index is 11.6. The quantitative estimate of drug-likeness (QED) is 0.566. The van der Waals surface area contributed by atoms with Crippen molar-refractivity contribution in [2.24, 2.45) is 0 Å². The van der Waals surface area contributed by atoms with Crippen molar-refractivity contribution in [3.05, 3.63) is 0 Å². The van der Waals surface area contributed by atoms with E-state index in [1.165, 1.54) is 13.3 Å². The van der Waals surface area contributed by atoms with Crippen LogP contribution < -0.4 is 16.2 Å². The van der Waals surface area contributed by atoms with Gasteiger partial charge in [-0.1, -0.05) is 6.42 Å². The molecule has 1 rings (SSSR count). The van der Waals surface area contributed by atoms with Crippen LogP contribution in [0.4, 0.5) is 0 Å². The Kier molecular flexibility index (Phi) is 5.93. The summed E-state index contributed by atoms with van der Waals surface area (Å²) in [4.78, 5) is 24.4. The van der Waals surface area contributed by atoms with Crippen molar-refractivity contribution < 1.29 is 9.59 Å². The van der Waals surface area contributed by atoms with Gasteiger partial charge >= 0.3 is 0 Å². The Balaban J connectivity index is 2.36. The Labute approximate surface area is 102 Å². The standard InChI is InChI=1S/C11H22N4O2/c1-9(16)13-14-11(17)8-15-6-4-3-5-10(15)7-12-2/h10,12H,3-8H2,1-2H3,(H,13,16)(H,14,17). The van der Waals surface area contributed by atoms with Crippen LogP contribution in [0.3, 0.4) is 0 Å². The number of piperidine rings is 1. The lowest BCUT2D eigenvalue weighted by Gasteiger charge is -2.35. The van der Waals surface area contributed by atoms with E-state index in [2.05, 4.69) is 21.1 Å². The molecule has 6 heteroatoms. The fraction of sp³-hybridized carbons (Fsp3) is 0.818. The summed E-state index contributed by atoms with van der Waals surface area (Å²) in [6.45, 7) is 3.55. The van der Waals surface area contributed by atoms with Crippen LogP contribution in [-0.2, 0) is 9.59 Å². The number of nitrogens with zero attached hydrogens (tertiary/aromatic N) is 1. The smallest absolute Gasteiger partial charge is 0.252 e. The van der Waals surface area contributed by atoms with Gasteiger partial charge in [-0.3, -0.25) is 25.3 Å². The molecule has 17 heavy (non-hydrogen) atoms. The van der Waals surface area contributed by atoms with E-state index in [0.29, 0.717) is 12.6 Å². The number of hydrogen-bond donors (Lipinski definition) is 3. The minimum atomic E-state index is -0.260. The molecule has 0 aliphatic carbocycles. The monoisotopic (exact) mass is 242 g/mol. The van der Waals surface area contributed by atoms with Crippen LogP contribution in [0.2, 0.25) is 0 Å². The number of hydrogen-bond acceptors (Lipinski definition) is 4. The minimum Gasteiger partial charge on any atom is -0.318 e. The van der Waals surface area contributed by atoms with Gasteiger partial charge in [0, 0.05) is 19.5 Å². The third-order valence-electron chi connectivity index (χ3n) is 2.91. The molecule has 0 bridgehead atoms. The maximum absolute atomic E-state index is 11.6. The molecule has 3 N–H and O–H groups in total. The van der Waals surface area contributed by atoms with Crippen molar-refractivity contribution in [2.75, 3.05) is 26.7 Å². The van der Waals surface area contributed by atoms with Gasteiger partial charge in [-0.05, 0) is 26.4 Å². The molecule has 0 saturated carbocycles. The van der Waals surface area contributed by atoms with Crippen LogP contribution in [-0.4, -0.2) is 49.4 Å². The first-order valence-corrected chi connectivity index (χ1v) is 6.07. The molecule has 1 heterocycles.